The van der Waals surface area contributed by atoms with Crippen LogP contribution in [0.15, 0.2) is 47.0 Å². The van der Waals surface area contributed by atoms with Gasteiger partial charge in [0.05, 0.1) is 13.7 Å². The van der Waals surface area contributed by atoms with Gasteiger partial charge in [-0.3, -0.25) is 0 Å². The maximum atomic E-state index is 5.52. The molecule has 0 saturated carbocycles. The van der Waals surface area contributed by atoms with Crippen LogP contribution < -0.4 is 9.47 Å². The zero-order chi connectivity index (χ0) is 16.2. The maximum Gasteiger partial charge on any atom is 0.258 e. The Kier molecular flexibility index (Phi) is 4.28. The van der Waals surface area contributed by atoms with E-state index in [4.69, 9.17) is 14.0 Å². The lowest BCUT2D eigenvalue weighted by atomic mass is 10.1. The predicted molar refractivity (Wildman–Crippen MR) is 87.6 cm³/mol. The molecule has 0 unspecified atom stereocenters. The molecule has 0 spiro atoms. The number of methoxy groups -OCH3 is 1. The summed E-state index contributed by atoms with van der Waals surface area (Å²) in [4.78, 5) is 4.49. The Balaban J connectivity index is 1.96. The Morgan fingerprint density at radius 2 is 1.91 bits per heavy atom. The van der Waals surface area contributed by atoms with Gasteiger partial charge in [0.2, 0.25) is 5.82 Å². The first-order valence-corrected chi connectivity index (χ1v) is 7.44. The topological polar surface area (TPSA) is 57.4 Å². The molecule has 23 heavy (non-hydrogen) atoms. The SMILES string of the molecule is CCOc1ccc(-c2noc(-c3ccccc3C)n2)cc1OC. The molecule has 0 aliphatic heterocycles. The minimum atomic E-state index is 0.506. The third-order valence-electron chi connectivity index (χ3n) is 3.52. The Labute approximate surface area is 134 Å². The lowest BCUT2D eigenvalue weighted by molar-refractivity contribution is 0.311. The molecule has 0 aliphatic rings. The summed E-state index contributed by atoms with van der Waals surface area (Å²) in [6, 6.07) is 13.5. The molecule has 5 nitrogen and oxygen atoms in total. The zero-order valence-electron chi connectivity index (χ0n) is 13.4. The average molecular weight is 310 g/mol. The predicted octanol–water partition coefficient (Wildman–Crippen LogP) is 4.12. The number of ether oxygens (including phenoxy) is 2. The smallest absolute Gasteiger partial charge is 0.258 e. The van der Waals surface area contributed by atoms with E-state index in [0.29, 0.717) is 29.8 Å². The van der Waals surface area contributed by atoms with Crippen molar-refractivity contribution in [3.05, 3.63) is 48.0 Å². The molecule has 118 valence electrons. The Morgan fingerprint density at radius 3 is 2.65 bits per heavy atom. The first kappa shape index (κ1) is 15.1. The van der Waals surface area contributed by atoms with Crippen molar-refractivity contribution < 1.29 is 14.0 Å². The standard InChI is InChI=1S/C18H18N2O3/c1-4-22-15-10-9-13(11-16(15)21-3)17-19-18(23-20-17)14-8-6-5-7-12(14)2/h5-11H,4H2,1-3H3. The van der Waals surface area contributed by atoms with E-state index in [0.717, 1.165) is 16.7 Å². The first-order chi connectivity index (χ1) is 11.2. The van der Waals surface area contributed by atoms with Crippen molar-refractivity contribution >= 4 is 0 Å². The van der Waals surface area contributed by atoms with E-state index in [9.17, 15) is 0 Å². The van der Waals surface area contributed by atoms with Crippen LogP contribution in [0.2, 0.25) is 0 Å². The van der Waals surface area contributed by atoms with Gasteiger partial charge in [-0.2, -0.15) is 4.98 Å². The molecular weight excluding hydrogens is 292 g/mol. The molecule has 1 aromatic heterocycles. The van der Waals surface area contributed by atoms with Crippen molar-refractivity contribution in [3.63, 3.8) is 0 Å². The normalized spacial score (nSPS) is 10.6. The van der Waals surface area contributed by atoms with Gasteiger partial charge in [-0.15, -0.1) is 0 Å². The lowest BCUT2D eigenvalue weighted by Gasteiger charge is -2.09. The number of nitrogens with zero attached hydrogens (tertiary/aromatic N) is 2. The van der Waals surface area contributed by atoms with Crippen molar-refractivity contribution in [1.29, 1.82) is 0 Å². The number of hydrogen-bond acceptors (Lipinski definition) is 5. The Bertz CT molecular complexity index is 812. The van der Waals surface area contributed by atoms with Crippen LogP contribution in [0.5, 0.6) is 11.5 Å². The van der Waals surface area contributed by atoms with Crippen LogP contribution in [0, 0.1) is 6.92 Å². The number of hydrogen-bond donors (Lipinski definition) is 0. The average Bonchev–Trinajstić information content (AvgIpc) is 3.05. The van der Waals surface area contributed by atoms with Crippen molar-refractivity contribution in [2.45, 2.75) is 13.8 Å². The van der Waals surface area contributed by atoms with Gasteiger partial charge < -0.3 is 14.0 Å². The fraction of sp³-hybridized carbons (Fsp3) is 0.222. The van der Waals surface area contributed by atoms with Crippen LogP contribution in [-0.4, -0.2) is 23.9 Å². The number of aryl methyl sites for hydroxylation is 1. The summed E-state index contributed by atoms with van der Waals surface area (Å²) >= 11 is 0. The highest BCUT2D eigenvalue weighted by Crippen LogP contribution is 2.32. The van der Waals surface area contributed by atoms with Gasteiger partial charge in [-0.25, -0.2) is 0 Å². The number of benzene rings is 2. The fourth-order valence-electron chi connectivity index (χ4n) is 2.34. The third kappa shape index (κ3) is 3.04. The van der Waals surface area contributed by atoms with Crippen molar-refractivity contribution in [3.8, 4) is 34.3 Å². The minimum absolute atomic E-state index is 0.506. The second-order valence-electron chi connectivity index (χ2n) is 5.04. The monoisotopic (exact) mass is 310 g/mol. The molecule has 0 saturated heterocycles. The quantitative estimate of drug-likeness (QED) is 0.709. The van der Waals surface area contributed by atoms with Crippen molar-refractivity contribution in [2.24, 2.45) is 0 Å². The molecular formula is C18H18N2O3. The highest BCUT2D eigenvalue weighted by atomic mass is 16.5. The fourth-order valence-corrected chi connectivity index (χ4v) is 2.34. The molecule has 0 N–H and O–H groups in total. The van der Waals surface area contributed by atoms with E-state index < -0.39 is 0 Å². The largest absolute Gasteiger partial charge is 0.493 e. The number of rotatable bonds is 5. The van der Waals surface area contributed by atoms with Crippen molar-refractivity contribution in [2.75, 3.05) is 13.7 Å². The third-order valence-corrected chi connectivity index (χ3v) is 3.52. The summed E-state index contributed by atoms with van der Waals surface area (Å²) in [5, 5.41) is 4.07. The Hall–Kier alpha value is -2.82. The summed E-state index contributed by atoms with van der Waals surface area (Å²) in [5.41, 5.74) is 2.84. The zero-order valence-corrected chi connectivity index (χ0v) is 13.4. The molecule has 3 rings (SSSR count). The van der Waals surface area contributed by atoms with E-state index in [-0.39, 0.29) is 0 Å². The van der Waals surface area contributed by atoms with Crippen LogP contribution in [0.3, 0.4) is 0 Å². The summed E-state index contributed by atoms with van der Waals surface area (Å²) in [6.07, 6.45) is 0. The van der Waals surface area contributed by atoms with Gasteiger partial charge in [0.1, 0.15) is 0 Å². The van der Waals surface area contributed by atoms with E-state index in [1.165, 1.54) is 0 Å². The molecule has 1 heterocycles. The molecule has 0 fully saturated rings. The first-order valence-electron chi connectivity index (χ1n) is 7.44. The van der Waals surface area contributed by atoms with E-state index in [2.05, 4.69) is 10.1 Å². The van der Waals surface area contributed by atoms with Crippen LogP contribution in [0.1, 0.15) is 12.5 Å². The van der Waals surface area contributed by atoms with Gasteiger partial charge in [0, 0.05) is 11.1 Å². The van der Waals surface area contributed by atoms with Crippen LogP contribution in [0.25, 0.3) is 22.8 Å². The second kappa shape index (κ2) is 6.52. The molecule has 0 bridgehead atoms. The molecule has 2 aromatic carbocycles. The van der Waals surface area contributed by atoms with E-state index >= 15 is 0 Å². The van der Waals surface area contributed by atoms with E-state index in [1.54, 1.807) is 7.11 Å². The number of aromatic nitrogens is 2. The summed E-state index contributed by atoms with van der Waals surface area (Å²) in [5.74, 6) is 2.36. The highest BCUT2D eigenvalue weighted by Gasteiger charge is 2.14. The molecule has 0 aliphatic carbocycles. The van der Waals surface area contributed by atoms with Gasteiger partial charge >= 0.3 is 0 Å². The van der Waals surface area contributed by atoms with Gasteiger partial charge in [0.25, 0.3) is 5.89 Å². The Morgan fingerprint density at radius 1 is 1.09 bits per heavy atom. The van der Waals surface area contributed by atoms with Gasteiger partial charge in [-0.1, -0.05) is 23.4 Å². The summed E-state index contributed by atoms with van der Waals surface area (Å²) < 4.78 is 16.3. The van der Waals surface area contributed by atoms with Gasteiger partial charge in [-0.05, 0) is 43.7 Å². The van der Waals surface area contributed by atoms with Gasteiger partial charge in [0.15, 0.2) is 11.5 Å². The van der Waals surface area contributed by atoms with Crippen LogP contribution >= 0.6 is 0 Å². The lowest BCUT2D eigenvalue weighted by Crippen LogP contribution is -1.95. The van der Waals surface area contributed by atoms with E-state index in [1.807, 2.05) is 56.3 Å². The summed E-state index contributed by atoms with van der Waals surface area (Å²) in [7, 11) is 1.61. The maximum absolute atomic E-state index is 5.52. The minimum Gasteiger partial charge on any atom is -0.493 e. The molecule has 0 amide bonds. The molecule has 0 radical (unpaired) electrons. The molecule has 0 atom stereocenters. The van der Waals surface area contributed by atoms with Crippen molar-refractivity contribution in [1.82, 2.24) is 10.1 Å². The second-order valence-corrected chi connectivity index (χ2v) is 5.04. The highest BCUT2D eigenvalue weighted by molar-refractivity contribution is 5.64. The summed E-state index contributed by atoms with van der Waals surface area (Å²) in [6.45, 7) is 4.52. The van der Waals surface area contributed by atoms with Crippen LogP contribution in [-0.2, 0) is 0 Å². The van der Waals surface area contributed by atoms with Crippen LogP contribution in [0.4, 0.5) is 0 Å². The molecule has 5 heteroatoms. The molecule has 3 aromatic rings.